The van der Waals surface area contributed by atoms with Crippen LogP contribution >= 0.6 is 0 Å². The minimum Gasteiger partial charge on any atom is -0.389 e. The van der Waals surface area contributed by atoms with Crippen LogP contribution in [0.15, 0.2) is 91.0 Å². The Labute approximate surface area is 187 Å². The van der Waals surface area contributed by atoms with Gasteiger partial charge in [-0.3, -0.25) is 0 Å². The standard InChI is InChI=1S/C29H35NO/c1-30(2)28(26-16-10-5-11-17-26)22-27(25-14-8-4-9-15-25)29(31)20-18-24(19-21-29)23-12-6-3-7-13-23/h3-17,24,27-28,31H,18-22H2,1-2H3. The summed E-state index contributed by atoms with van der Waals surface area (Å²) in [6.07, 6.45) is 4.69. The third kappa shape index (κ3) is 5.08. The van der Waals surface area contributed by atoms with Crippen molar-refractivity contribution in [2.45, 2.75) is 55.6 Å². The van der Waals surface area contributed by atoms with Gasteiger partial charge in [-0.05, 0) is 68.8 Å². The van der Waals surface area contributed by atoms with E-state index in [1.807, 2.05) is 0 Å². The predicted molar refractivity (Wildman–Crippen MR) is 129 cm³/mol. The number of benzene rings is 3. The molecular weight excluding hydrogens is 378 g/mol. The van der Waals surface area contributed by atoms with E-state index in [4.69, 9.17) is 0 Å². The second-order valence-electron chi connectivity index (χ2n) is 9.38. The van der Waals surface area contributed by atoms with Crippen molar-refractivity contribution in [3.63, 3.8) is 0 Å². The number of rotatable bonds is 7. The minimum absolute atomic E-state index is 0.109. The predicted octanol–water partition coefficient (Wildman–Crippen LogP) is 6.55. The molecule has 1 saturated carbocycles. The molecule has 2 atom stereocenters. The van der Waals surface area contributed by atoms with E-state index < -0.39 is 5.60 Å². The van der Waals surface area contributed by atoms with Gasteiger partial charge in [0.2, 0.25) is 0 Å². The van der Waals surface area contributed by atoms with Gasteiger partial charge < -0.3 is 10.0 Å². The molecule has 1 fully saturated rings. The van der Waals surface area contributed by atoms with Gasteiger partial charge >= 0.3 is 0 Å². The van der Waals surface area contributed by atoms with Gasteiger partial charge in [-0.2, -0.15) is 0 Å². The van der Waals surface area contributed by atoms with Gasteiger partial charge in [-0.25, -0.2) is 0 Å². The third-order valence-electron chi connectivity index (χ3n) is 7.24. The Morgan fingerprint density at radius 2 is 1.26 bits per heavy atom. The third-order valence-corrected chi connectivity index (χ3v) is 7.24. The molecular formula is C29H35NO. The molecule has 1 aliphatic rings. The number of hydrogen-bond acceptors (Lipinski definition) is 2. The normalized spacial score (nSPS) is 23.4. The van der Waals surface area contributed by atoms with Crippen LogP contribution in [0.1, 0.15) is 66.7 Å². The molecule has 0 saturated heterocycles. The zero-order chi connectivity index (χ0) is 21.7. The molecule has 2 nitrogen and oxygen atoms in total. The van der Waals surface area contributed by atoms with E-state index in [0.717, 1.165) is 32.1 Å². The van der Waals surface area contributed by atoms with Gasteiger partial charge in [0.1, 0.15) is 0 Å². The Balaban J connectivity index is 1.60. The molecule has 3 aromatic carbocycles. The van der Waals surface area contributed by atoms with Gasteiger partial charge in [0.05, 0.1) is 5.60 Å². The van der Waals surface area contributed by atoms with E-state index in [9.17, 15) is 5.11 Å². The van der Waals surface area contributed by atoms with Crippen molar-refractivity contribution >= 4 is 0 Å². The van der Waals surface area contributed by atoms with Crippen LogP contribution in [0.4, 0.5) is 0 Å². The maximum atomic E-state index is 12.0. The van der Waals surface area contributed by atoms with E-state index in [0.29, 0.717) is 5.92 Å². The molecule has 1 aliphatic carbocycles. The maximum absolute atomic E-state index is 12.0. The molecule has 3 aromatic rings. The summed E-state index contributed by atoms with van der Waals surface area (Å²) in [6.45, 7) is 0. The fourth-order valence-electron chi connectivity index (χ4n) is 5.42. The largest absolute Gasteiger partial charge is 0.389 e. The molecule has 2 heteroatoms. The van der Waals surface area contributed by atoms with E-state index in [1.165, 1.54) is 16.7 Å². The van der Waals surface area contributed by atoms with Gasteiger partial charge in [0.15, 0.2) is 0 Å². The lowest BCUT2D eigenvalue weighted by Crippen LogP contribution is -2.41. The molecule has 0 radical (unpaired) electrons. The lowest BCUT2D eigenvalue weighted by Gasteiger charge is -2.44. The van der Waals surface area contributed by atoms with Crippen molar-refractivity contribution in [1.82, 2.24) is 4.90 Å². The SMILES string of the molecule is CN(C)C(CC(c1ccccc1)C1(O)CCC(c2ccccc2)CC1)c1ccccc1. The molecule has 2 unspecified atom stereocenters. The van der Waals surface area contributed by atoms with Crippen LogP contribution in [-0.2, 0) is 0 Å². The maximum Gasteiger partial charge on any atom is 0.0717 e. The Hall–Kier alpha value is -2.42. The molecule has 4 rings (SSSR count). The highest BCUT2D eigenvalue weighted by molar-refractivity contribution is 5.28. The average Bonchev–Trinajstić information content (AvgIpc) is 2.81. The molecule has 31 heavy (non-hydrogen) atoms. The summed E-state index contributed by atoms with van der Waals surface area (Å²) in [4.78, 5) is 2.30. The molecule has 0 bridgehead atoms. The second kappa shape index (κ2) is 9.80. The first-order valence-electron chi connectivity index (χ1n) is 11.6. The van der Waals surface area contributed by atoms with Crippen molar-refractivity contribution in [2.75, 3.05) is 14.1 Å². The van der Waals surface area contributed by atoms with Crippen molar-refractivity contribution in [2.24, 2.45) is 0 Å². The lowest BCUT2D eigenvalue weighted by atomic mass is 9.67. The van der Waals surface area contributed by atoms with Crippen molar-refractivity contribution in [1.29, 1.82) is 0 Å². The number of nitrogens with zero attached hydrogens (tertiary/aromatic N) is 1. The summed E-state index contributed by atoms with van der Waals surface area (Å²) in [7, 11) is 4.30. The zero-order valence-corrected chi connectivity index (χ0v) is 18.8. The van der Waals surface area contributed by atoms with Crippen LogP contribution in [0.3, 0.4) is 0 Å². The topological polar surface area (TPSA) is 23.5 Å². The molecule has 162 valence electrons. The lowest BCUT2D eigenvalue weighted by molar-refractivity contribution is -0.0339. The average molecular weight is 414 g/mol. The first kappa shape index (κ1) is 21.8. The van der Waals surface area contributed by atoms with Gasteiger partial charge in [-0.15, -0.1) is 0 Å². The summed E-state index contributed by atoms with van der Waals surface area (Å²) < 4.78 is 0. The van der Waals surface area contributed by atoms with E-state index in [2.05, 4.69) is 110 Å². The molecule has 1 N–H and O–H groups in total. The molecule has 0 aliphatic heterocycles. The monoisotopic (exact) mass is 413 g/mol. The summed E-state index contributed by atoms with van der Waals surface area (Å²) in [5, 5.41) is 12.0. The fourth-order valence-corrected chi connectivity index (χ4v) is 5.42. The summed E-state index contributed by atoms with van der Waals surface area (Å²) in [5.41, 5.74) is 3.31. The Morgan fingerprint density at radius 3 is 1.77 bits per heavy atom. The summed E-state index contributed by atoms with van der Waals surface area (Å²) in [5.74, 6) is 0.662. The fraction of sp³-hybridized carbons (Fsp3) is 0.379. The Morgan fingerprint density at radius 1 is 0.774 bits per heavy atom. The quantitative estimate of drug-likeness (QED) is 0.474. The van der Waals surface area contributed by atoms with Crippen molar-refractivity contribution < 1.29 is 5.11 Å². The highest BCUT2D eigenvalue weighted by atomic mass is 16.3. The van der Waals surface area contributed by atoms with Crippen molar-refractivity contribution in [3.8, 4) is 0 Å². The van der Waals surface area contributed by atoms with E-state index in [-0.39, 0.29) is 12.0 Å². The molecule has 0 aromatic heterocycles. The van der Waals surface area contributed by atoms with Gasteiger partial charge in [-0.1, -0.05) is 91.0 Å². The first-order valence-corrected chi connectivity index (χ1v) is 11.6. The van der Waals surface area contributed by atoms with Crippen LogP contribution in [0.25, 0.3) is 0 Å². The Kier molecular flexibility index (Phi) is 6.89. The van der Waals surface area contributed by atoms with E-state index >= 15 is 0 Å². The van der Waals surface area contributed by atoms with Gasteiger partial charge in [0, 0.05) is 12.0 Å². The van der Waals surface area contributed by atoms with Crippen LogP contribution in [0.5, 0.6) is 0 Å². The number of aliphatic hydroxyl groups is 1. The molecule has 0 amide bonds. The molecule has 0 heterocycles. The van der Waals surface area contributed by atoms with E-state index in [1.54, 1.807) is 0 Å². The first-order chi connectivity index (χ1) is 15.1. The minimum atomic E-state index is -0.671. The summed E-state index contributed by atoms with van der Waals surface area (Å²) in [6, 6.07) is 32.5. The number of hydrogen-bond donors (Lipinski definition) is 1. The smallest absolute Gasteiger partial charge is 0.0717 e. The van der Waals surface area contributed by atoms with Crippen molar-refractivity contribution in [3.05, 3.63) is 108 Å². The Bertz CT molecular complexity index is 915. The zero-order valence-electron chi connectivity index (χ0n) is 18.8. The highest BCUT2D eigenvalue weighted by Gasteiger charge is 2.42. The van der Waals surface area contributed by atoms with Crippen LogP contribution in [-0.4, -0.2) is 29.7 Å². The molecule has 0 spiro atoms. The van der Waals surface area contributed by atoms with Gasteiger partial charge in [0.25, 0.3) is 0 Å². The van der Waals surface area contributed by atoms with Crippen LogP contribution in [0, 0.1) is 0 Å². The highest BCUT2D eigenvalue weighted by Crippen LogP contribution is 2.48. The summed E-state index contributed by atoms with van der Waals surface area (Å²) >= 11 is 0. The van der Waals surface area contributed by atoms with Crippen LogP contribution < -0.4 is 0 Å². The van der Waals surface area contributed by atoms with Crippen LogP contribution in [0.2, 0.25) is 0 Å². The second-order valence-corrected chi connectivity index (χ2v) is 9.38.